The first-order valence-electron chi connectivity index (χ1n) is 8.38. The topological polar surface area (TPSA) is 24.7 Å². The summed E-state index contributed by atoms with van der Waals surface area (Å²) in [4.78, 5) is 8.87. The van der Waals surface area contributed by atoms with Gasteiger partial charge >= 0.3 is 0 Å². The molecule has 0 heterocycles. The van der Waals surface area contributed by atoms with E-state index in [1.54, 1.807) is 0 Å². The van der Waals surface area contributed by atoms with Gasteiger partial charge in [-0.25, -0.2) is 4.99 Å². The number of nitrogens with zero attached hydrogens (tertiary/aromatic N) is 2. The molecule has 0 aromatic heterocycles. The smallest absolute Gasteiger partial charge is 0.0680 e. The minimum Gasteiger partial charge on any atom is -0.291 e. The lowest BCUT2D eigenvalue weighted by molar-refractivity contribution is 0.987. The zero-order chi connectivity index (χ0) is 17.2. The van der Waals surface area contributed by atoms with Crippen molar-refractivity contribution >= 4 is 17.7 Å². The van der Waals surface area contributed by atoms with Gasteiger partial charge in [-0.05, 0) is 22.6 Å². The van der Waals surface area contributed by atoms with Crippen LogP contribution in [0.2, 0.25) is 0 Å². The van der Waals surface area contributed by atoms with Gasteiger partial charge in [-0.15, -0.1) is 0 Å². The highest BCUT2D eigenvalue weighted by Crippen LogP contribution is 2.20. The van der Waals surface area contributed by atoms with E-state index in [-0.39, 0.29) is 0 Å². The summed E-state index contributed by atoms with van der Waals surface area (Å²) in [7, 11) is 0. The van der Waals surface area contributed by atoms with E-state index in [0.29, 0.717) is 13.1 Å². The van der Waals surface area contributed by atoms with Crippen molar-refractivity contribution in [2.45, 2.75) is 0 Å². The number of aliphatic imine (C=N–C) groups is 2. The van der Waals surface area contributed by atoms with Gasteiger partial charge < -0.3 is 0 Å². The van der Waals surface area contributed by atoms with Crippen LogP contribution in [0.15, 0.2) is 101 Å². The second-order valence-corrected chi connectivity index (χ2v) is 5.55. The fourth-order valence-electron chi connectivity index (χ4n) is 2.46. The van der Waals surface area contributed by atoms with E-state index in [0.717, 1.165) is 22.3 Å². The third-order valence-corrected chi connectivity index (χ3v) is 3.70. The Kier molecular flexibility index (Phi) is 6.10. The Bertz CT molecular complexity index is 818. The van der Waals surface area contributed by atoms with Gasteiger partial charge in [0.05, 0.1) is 18.7 Å². The third kappa shape index (κ3) is 5.13. The van der Waals surface area contributed by atoms with Crippen LogP contribution in [-0.2, 0) is 0 Å². The molecule has 0 unspecified atom stereocenters. The van der Waals surface area contributed by atoms with Crippen LogP contribution in [0.4, 0.5) is 0 Å². The van der Waals surface area contributed by atoms with Gasteiger partial charge in [0.2, 0.25) is 0 Å². The van der Waals surface area contributed by atoms with Gasteiger partial charge in [0.25, 0.3) is 0 Å². The number of rotatable bonds is 6. The monoisotopic (exact) mass is 324 g/mol. The molecule has 0 aliphatic heterocycles. The molecule has 3 aromatic carbocycles. The van der Waals surface area contributed by atoms with Crippen molar-refractivity contribution in [1.29, 1.82) is 0 Å². The summed E-state index contributed by atoms with van der Waals surface area (Å²) in [5.74, 6) is 3.22. The standard InChI is InChI=1S/C23H20N2/c1-4-10-20(11-5-1)18-24-16-17-25-19-23(21-12-6-2-7-13-21)22-14-8-3-9-15-22/h1-15,18H,16-17H2. The maximum Gasteiger partial charge on any atom is 0.0680 e. The molecule has 3 aromatic rings. The SMILES string of the molecule is C(=NCCN=Cc1ccccc1)=C(c1ccccc1)c1ccccc1. The van der Waals surface area contributed by atoms with Crippen LogP contribution in [0, 0.1) is 0 Å². The maximum atomic E-state index is 4.45. The summed E-state index contributed by atoms with van der Waals surface area (Å²) in [6.45, 7) is 1.27. The Labute approximate surface area is 148 Å². The molecular weight excluding hydrogens is 304 g/mol. The second-order valence-electron chi connectivity index (χ2n) is 5.55. The zero-order valence-electron chi connectivity index (χ0n) is 14.0. The van der Waals surface area contributed by atoms with E-state index < -0.39 is 0 Å². The molecule has 2 nitrogen and oxygen atoms in total. The number of hydrogen-bond donors (Lipinski definition) is 0. The fourth-order valence-corrected chi connectivity index (χ4v) is 2.46. The molecule has 25 heavy (non-hydrogen) atoms. The van der Waals surface area contributed by atoms with Crippen LogP contribution in [-0.4, -0.2) is 25.2 Å². The van der Waals surface area contributed by atoms with Gasteiger partial charge in [0.15, 0.2) is 0 Å². The van der Waals surface area contributed by atoms with Crippen LogP contribution in [0.5, 0.6) is 0 Å². The van der Waals surface area contributed by atoms with Gasteiger partial charge in [-0.2, -0.15) is 0 Å². The molecule has 122 valence electrons. The maximum absolute atomic E-state index is 4.45. The van der Waals surface area contributed by atoms with Crippen LogP contribution in [0.3, 0.4) is 0 Å². The van der Waals surface area contributed by atoms with Crippen LogP contribution in [0.25, 0.3) is 5.57 Å². The Balaban J connectivity index is 1.72. The minimum atomic E-state index is 0.618. The Morgan fingerprint density at radius 2 is 1.20 bits per heavy atom. The summed E-state index contributed by atoms with van der Waals surface area (Å²) < 4.78 is 0. The summed E-state index contributed by atoms with van der Waals surface area (Å²) in [5.41, 5.74) is 4.35. The van der Waals surface area contributed by atoms with E-state index in [9.17, 15) is 0 Å². The van der Waals surface area contributed by atoms with E-state index in [1.807, 2.05) is 72.9 Å². The highest BCUT2D eigenvalue weighted by atomic mass is 14.8. The largest absolute Gasteiger partial charge is 0.291 e. The molecule has 0 radical (unpaired) electrons. The first-order chi connectivity index (χ1) is 12.4. The molecule has 3 rings (SSSR count). The van der Waals surface area contributed by atoms with Crippen LogP contribution >= 0.6 is 0 Å². The second kappa shape index (κ2) is 9.17. The Morgan fingerprint density at radius 1 is 0.680 bits per heavy atom. The molecule has 0 aliphatic carbocycles. The van der Waals surface area contributed by atoms with Gasteiger partial charge in [0, 0.05) is 6.21 Å². The lowest BCUT2D eigenvalue weighted by atomic mass is 10.00. The lowest BCUT2D eigenvalue weighted by Gasteiger charge is -2.04. The quantitative estimate of drug-likeness (QED) is 0.455. The van der Waals surface area contributed by atoms with Crippen molar-refractivity contribution in [2.75, 3.05) is 13.1 Å². The van der Waals surface area contributed by atoms with E-state index in [4.69, 9.17) is 0 Å². The van der Waals surface area contributed by atoms with E-state index >= 15 is 0 Å². The number of benzene rings is 3. The predicted molar refractivity (Wildman–Crippen MR) is 107 cm³/mol. The van der Waals surface area contributed by atoms with Gasteiger partial charge in [-0.1, -0.05) is 91.0 Å². The molecule has 0 N–H and O–H groups in total. The molecule has 0 spiro atoms. The van der Waals surface area contributed by atoms with Crippen molar-refractivity contribution in [3.05, 3.63) is 108 Å². The molecule has 0 bridgehead atoms. The first kappa shape index (κ1) is 16.6. The molecule has 0 saturated heterocycles. The van der Waals surface area contributed by atoms with Gasteiger partial charge in [-0.3, -0.25) is 4.99 Å². The average molecular weight is 324 g/mol. The van der Waals surface area contributed by atoms with Crippen molar-refractivity contribution in [3.8, 4) is 0 Å². The van der Waals surface area contributed by atoms with E-state index in [2.05, 4.69) is 40.1 Å². The molecule has 0 saturated carbocycles. The van der Waals surface area contributed by atoms with Crippen molar-refractivity contribution < 1.29 is 0 Å². The summed E-state index contributed by atoms with van der Waals surface area (Å²) >= 11 is 0. The minimum absolute atomic E-state index is 0.618. The normalized spacial score (nSPS) is 10.4. The van der Waals surface area contributed by atoms with Crippen molar-refractivity contribution in [2.24, 2.45) is 9.98 Å². The highest BCUT2D eigenvalue weighted by molar-refractivity contribution is 5.98. The fraction of sp³-hybridized carbons (Fsp3) is 0.0870. The molecule has 2 heteroatoms. The molecule has 0 amide bonds. The molecular formula is C23H20N2. The van der Waals surface area contributed by atoms with Crippen LogP contribution < -0.4 is 0 Å². The number of hydrogen-bond acceptors (Lipinski definition) is 2. The van der Waals surface area contributed by atoms with Crippen molar-refractivity contribution in [1.82, 2.24) is 0 Å². The van der Waals surface area contributed by atoms with Crippen molar-refractivity contribution in [3.63, 3.8) is 0 Å². The summed E-state index contributed by atoms with van der Waals surface area (Å²) in [5, 5.41) is 0. The van der Waals surface area contributed by atoms with Crippen LogP contribution in [0.1, 0.15) is 16.7 Å². The summed E-state index contributed by atoms with van der Waals surface area (Å²) in [6, 6.07) is 30.6. The lowest BCUT2D eigenvalue weighted by Crippen LogP contribution is -1.91. The summed E-state index contributed by atoms with van der Waals surface area (Å²) in [6.07, 6.45) is 1.88. The zero-order valence-corrected chi connectivity index (χ0v) is 14.0. The third-order valence-electron chi connectivity index (χ3n) is 3.70. The Morgan fingerprint density at radius 3 is 1.76 bits per heavy atom. The first-order valence-corrected chi connectivity index (χ1v) is 8.38. The highest BCUT2D eigenvalue weighted by Gasteiger charge is 2.03. The molecule has 0 fully saturated rings. The van der Waals surface area contributed by atoms with E-state index in [1.165, 1.54) is 0 Å². The Hall–Kier alpha value is -3.22. The van der Waals surface area contributed by atoms with Gasteiger partial charge in [0.1, 0.15) is 0 Å². The molecule has 0 atom stereocenters. The predicted octanol–water partition coefficient (Wildman–Crippen LogP) is 4.91. The average Bonchev–Trinajstić information content (AvgIpc) is 2.69. The molecule has 0 aliphatic rings.